The zero-order valence-electron chi connectivity index (χ0n) is 18.0. The highest BCUT2D eigenvalue weighted by Gasteiger charge is 2.25. The van der Waals surface area contributed by atoms with E-state index in [1.54, 1.807) is 59.5 Å². The summed E-state index contributed by atoms with van der Waals surface area (Å²) in [5.74, 6) is -0.753. The average molecular weight is 482 g/mol. The molecule has 1 fully saturated rings. The van der Waals surface area contributed by atoms with Crippen molar-refractivity contribution in [2.75, 3.05) is 11.9 Å². The molecule has 3 aromatic rings. The smallest absolute Gasteiger partial charge is 0.338 e. The molecule has 1 saturated carbocycles. The van der Waals surface area contributed by atoms with Gasteiger partial charge in [-0.2, -0.15) is 0 Å². The van der Waals surface area contributed by atoms with Gasteiger partial charge in [0.2, 0.25) is 0 Å². The van der Waals surface area contributed by atoms with Crippen LogP contribution >= 0.6 is 23.1 Å². The van der Waals surface area contributed by atoms with Crippen LogP contribution in [0.15, 0.2) is 58.3 Å². The third-order valence-electron chi connectivity index (χ3n) is 4.88. The summed E-state index contributed by atoms with van der Waals surface area (Å²) in [6.07, 6.45) is 1.94. The van der Waals surface area contributed by atoms with Gasteiger partial charge in [-0.15, -0.1) is 11.3 Å². The van der Waals surface area contributed by atoms with Crippen LogP contribution in [0.1, 0.15) is 44.8 Å². The first-order valence-electron chi connectivity index (χ1n) is 10.5. The number of thiazole rings is 1. The van der Waals surface area contributed by atoms with Crippen LogP contribution < -0.4 is 10.6 Å². The number of para-hydroxylation sites is 1. The molecule has 170 valence electrons. The first kappa shape index (κ1) is 23.0. The van der Waals surface area contributed by atoms with E-state index in [2.05, 4.69) is 15.6 Å². The van der Waals surface area contributed by atoms with E-state index in [0.717, 1.165) is 28.4 Å². The molecule has 2 amide bonds. The van der Waals surface area contributed by atoms with E-state index in [-0.39, 0.29) is 11.9 Å². The minimum absolute atomic E-state index is 0.208. The minimum Gasteiger partial charge on any atom is -0.452 e. The van der Waals surface area contributed by atoms with Crippen molar-refractivity contribution >= 4 is 46.6 Å². The van der Waals surface area contributed by atoms with Crippen molar-refractivity contribution in [3.05, 3.63) is 76.3 Å². The van der Waals surface area contributed by atoms with E-state index in [1.807, 2.05) is 24.4 Å². The molecule has 0 unspecified atom stereocenters. The topological polar surface area (TPSA) is 97.4 Å². The summed E-state index contributed by atoms with van der Waals surface area (Å²) in [5, 5.41) is 7.55. The van der Waals surface area contributed by atoms with Gasteiger partial charge in [0, 0.05) is 22.9 Å². The Kier molecular flexibility index (Phi) is 7.41. The maximum Gasteiger partial charge on any atom is 0.338 e. The number of anilines is 1. The largest absolute Gasteiger partial charge is 0.452 e. The fourth-order valence-electron chi connectivity index (χ4n) is 3.06. The highest BCUT2D eigenvalue weighted by atomic mass is 32.2. The molecule has 1 aromatic heterocycles. The van der Waals surface area contributed by atoms with Crippen LogP contribution in [0.25, 0.3) is 0 Å². The number of benzene rings is 2. The highest BCUT2D eigenvalue weighted by molar-refractivity contribution is 8.00. The van der Waals surface area contributed by atoms with Gasteiger partial charge < -0.3 is 15.4 Å². The molecule has 1 heterocycles. The molecule has 1 aliphatic carbocycles. The molecule has 2 aromatic carbocycles. The summed E-state index contributed by atoms with van der Waals surface area (Å²) in [4.78, 5) is 41.9. The van der Waals surface area contributed by atoms with E-state index in [9.17, 15) is 14.4 Å². The first-order chi connectivity index (χ1) is 16.0. The Labute approximate surface area is 200 Å². The predicted octanol–water partition coefficient (Wildman–Crippen LogP) is 4.43. The van der Waals surface area contributed by atoms with Gasteiger partial charge in [0.25, 0.3) is 11.8 Å². The third-order valence-corrected chi connectivity index (χ3v) is 7.07. The van der Waals surface area contributed by atoms with Crippen LogP contribution in [-0.2, 0) is 15.3 Å². The minimum atomic E-state index is -0.573. The van der Waals surface area contributed by atoms with Gasteiger partial charge >= 0.3 is 5.97 Å². The third kappa shape index (κ3) is 6.43. The lowest BCUT2D eigenvalue weighted by Gasteiger charge is -2.12. The summed E-state index contributed by atoms with van der Waals surface area (Å²) in [7, 11) is 0. The number of ether oxygens (including phenoxy) is 1. The molecule has 0 bridgehead atoms. The Morgan fingerprint density at radius 3 is 2.55 bits per heavy atom. The quantitative estimate of drug-likeness (QED) is 0.347. The van der Waals surface area contributed by atoms with Crippen LogP contribution in [0.5, 0.6) is 0 Å². The Morgan fingerprint density at radius 2 is 1.82 bits per heavy atom. The van der Waals surface area contributed by atoms with Crippen LogP contribution in [0.4, 0.5) is 5.69 Å². The summed E-state index contributed by atoms with van der Waals surface area (Å²) in [5.41, 5.74) is 2.95. The number of hydrogen-bond acceptors (Lipinski definition) is 7. The zero-order chi connectivity index (χ0) is 23.2. The van der Waals surface area contributed by atoms with E-state index in [1.165, 1.54) is 0 Å². The van der Waals surface area contributed by atoms with Crippen LogP contribution in [-0.4, -0.2) is 35.4 Å². The first-order valence-corrected chi connectivity index (χ1v) is 12.4. The summed E-state index contributed by atoms with van der Waals surface area (Å²) >= 11 is 3.11. The standard InChI is InChI=1S/C24H23N3O4S2/c1-15-13-32-24(25-15)33-14-16-6-2-3-7-18(16)23(30)31-12-21(28)27-20-9-5-4-8-19(20)22(29)26-17-10-11-17/h2-9,13,17H,10-12,14H2,1H3,(H,26,29)(H,27,28). The second-order valence-electron chi connectivity index (χ2n) is 7.62. The van der Waals surface area contributed by atoms with Gasteiger partial charge in [-0.05, 0) is 43.5 Å². The number of esters is 1. The fourth-order valence-corrected chi connectivity index (χ4v) is 4.91. The second kappa shape index (κ2) is 10.6. The number of carbonyl (C=O) groups is 3. The number of aryl methyl sites for hydroxylation is 1. The lowest BCUT2D eigenvalue weighted by atomic mass is 10.1. The maximum atomic E-state index is 12.7. The monoisotopic (exact) mass is 481 g/mol. The van der Waals surface area contributed by atoms with Gasteiger partial charge in [-0.3, -0.25) is 9.59 Å². The van der Waals surface area contributed by atoms with Gasteiger partial charge in [-0.1, -0.05) is 42.1 Å². The number of thioether (sulfide) groups is 1. The second-order valence-corrected chi connectivity index (χ2v) is 9.70. The molecule has 0 aliphatic heterocycles. The van der Waals surface area contributed by atoms with Crippen molar-refractivity contribution in [1.82, 2.24) is 10.3 Å². The lowest BCUT2D eigenvalue weighted by Crippen LogP contribution is -2.28. The van der Waals surface area contributed by atoms with Crippen LogP contribution in [0, 0.1) is 6.92 Å². The molecule has 2 N–H and O–H groups in total. The molecule has 0 radical (unpaired) electrons. The van der Waals surface area contributed by atoms with E-state index >= 15 is 0 Å². The molecular formula is C24H23N3O4S2. The molecular weight excluding hydrogens is 458 g/mol. The molecule has 7 nitrogen and oxygen atoms in total. The van der Waals surface area contributed by atoms with Crippen molar-refractivity contribution < 1.29 is 19.1 Å². The fraction of sp³-hybridized carbons (Fsp3) is 0.250. The number of rotatable bonds is 9. The Morgan fingerprint density at radius 1 is 1.09 bits per heavy atom. The number of aromatic nitrogens is 1. The van der Waals surface area contributed by atoms with Crippen molar-refractivity contribution in [2.45, 2.75) is 35.9 Å². The molecule has 1 aliphatic rings. The molecule has 0 spiro atoms. The Bertz CT molecular complexity index is 1170. The van der Waals surface area contributed by atoms with Crippen molar-refractivity contribution in [3.63, 3.8) is 0 Å². The summed E-state index contributed by atoms with van der Waals surface area (Å²) in [6, 6.07) is 14.1. The number of amides is 2. The summed E-state index contributed by atoms with van der Waals surface area (Å²) < 4.78 is 6.19. The Balaban J connectivity index is 1.34. The van der Waals surface area contributed by atoms with Crippen molar-refractivity contribution in [1.29, 1.82) is 0 Å². The van der Waals surface area contributed by atoms with E-state index in [0.29, 0.717) is 22.6 Å². The molecule has 33 heavy (non-hydrogen) atoms. The number of hydrogen-bond donors (Lipinski definition) is 2. The maximum absolute atomic E-state index is 12.7. The normalized spacial score (nSPS) is 12.8. The lowest BCUT2D eigenvalue weighted by molar-refractivity contribution is -0.119. The molecule has 0 atom stereocenters. The number of nitrogens with zero attached hydrogens (tertiary/aromatic N) is 1. The van der Waals surface area contributed by atoms with Crippen LogP contribution in [0.3, 0.4) is 0 Å². The molecule has 9 heteroatoms. The van der Waals surface area contributed by atoms with Crippen molar-refractivity contribution in [2.24, 2.45) is 0 Å². The van der Waals surface area contributed by atoms with Crippen molar-refractivity contribution in [3.8, 4) is 0 Å². The van der Waals surface area contributed by atoms with Gasteiger partial charge in [-0.25, -0.2) is 9.78 Å². The number of nitrogens with one attached hydrogen (secondary N) is 2. The van der Waals surface area contributed by atoms with E-state index in [4.69, 9.17) is 4.74 Å². The average Bonchev–Trinajstić information content (AvgIpc) is 3.54. The zero-order valence-corrected chi connectivity index (χ0v) is 19.6. The summed E-state index contributed by atoms with van der Waals surface area (Å²) in [6.45, 7) is 1.49. The van der Waals surface area contributed by atoms with Gasteiger partial charge in [0.15, 0.2) is 6.61 Å². The van der Waals surface area contributed by atoms with Crippen LogP contribution in [0.2, 0.25) is 0 Å². The van der Waals surface area contributed by atoms with Gasteiger partial charge in [0.1, 0.15) is 4.34 Å². The predicted molar refractivity (Wildman–Crippen MR) is 129 cm³/mol. The van der Waals surface area contributed by atoms with E-state index < -0.39 is 18.5 Å². The Hall–Kier alpha value is -3.17. The molecule has 0 saturated heterocycles. The highest BCUT2D eigenvalue weighted by Crippen LogP contribution is 2.27. The SMILES string of the molecule is Cc1csc(SCc2ccccc2C(=O)OCC(=O)Nc2ccccc2C(=O)NC2CC2)n1. The number of carbonyl (C=O) groups excluding carboxylic acids is 3. The molecule has 4 rings (SSSR count). The van der Waals surface area contributed by atoms with Gasteiger partial charge in [0.05, 0.1) is 16.8 Å².